The lowest BCUT2D eigenvalue weighted by Crippen LogP contribution is -2.59. The summed E-state index contributed by atoms with van der Waals surface area (Å²) in [4.78, 5) is 42.3. The van der Waals surface area contributed by atoms with E-state index < -0.39 is 35.1 Å². The number of fused-ring (bicyclic) bond motifs is 1. The van der Waals surface area contributed by atoms with Crippen molar-refractivity contribution >= 4 is 23.5 Å². The SMILES string of the molecule is Cc1cc(NC(=O)[C@H]2[C@H]3C(=O)N(C4CCCC4)[C@H](C(=O)NC(C)(C)C)[C@]34C=C[C@H]2O4)no1. The molecule has 3 fully saturated rings. The van der Waals surface area contributed by atoms with Gasteiger partial charge in [-0.2, -0.15) is 0 Å². The second-order valence-electron chi connectivity index (χ2n) is 10.4. The summed E-state index contributed by atoms with van der Waals surface area (Å²) in [7, 11) is 0. The van der Waals surface area contributed by atoms with E-state index in [1.54, 1.807) is 17.9 Å². The van der Waals surface area contributed by atoms with E-state index in [9.17, 15) is 14.4 Å². The highest BCUT2D eigenvalue weighted by molar-refractivity contribution is 6.02. The summed E-state index contributed by atoms with van der Waals surface area (Å²) in [6.45, 7) is 7.47. The molecule has 4 heterocycles. The Bertz CT molecular complexity index is 989. The number of aryl methyl sites for hydroxylation is 1. The van der Waals surface area contributed by atoms with Gasteiger partial charge in [0.05, 0.1) is 17.9 Å². The lowest BCUT2D eigenvalue weighted by atomic mass is 9.74. The van der Waals surface area contributed by atoms with Gasteiger partial charge in [-0.25, -0.2) is 0 Å². The van der Waals surface area contributed by atoms with E-state index in [2.05, 4.69) is 15.8 Å². The molecule has 2 bridgehead atoms. The molecule has 0 unspecified atom stereocenters. The molecule has 1 aromatic rings. The molecule has 1 saturated carbocycles. The van der Waals surface area contributed by atoms with Crippen LogP contribution in [-0.4, -0.2) is 57.1 Å². The fraction of sp³-hybridized carbons (Fsp3) is 0.652. The number of ether oxygens (including phenoxy) is 1. The Labute approximate surface area is 186 Å². The number of hydrogen-bond donors (Lipinski definition) is 2. The van der Waals surface area contributed by atoms with Gasteiger partial charge < -0.3 is 24.8 Å². The minimum Gasteiger partial charge on any atom is -0.360 e. The summed E-state index contributed by atoms with van der Waals surface area (Å²) in [5.41, 5.74) is -1.60. The molecule has 1 spiro atoms. The fourth-order valence-electron chi connectivity index (χ4n) is 5.86. The van der Waals surface area contributed by atoms with E-state index in [1.165, 1.54) is 0 Å². The van der Waals surface area contributed by atoms with Gasteiger partial charge in [0.2, 0.25) is 17.7 Å². The molecule has 172 valence electrons. The summed E-state index contributed by atoms with van der Waals surface area (Å²) >= 11 is 0. The van der Waals surface area contributed by atoms with Crippen LogP contribution in [0, 0.1) is 18.8 Å². The van der Waals surface area contributed by atoms with Gasteiger partial charge in [0.25, 0.3) is 0 Å². The zero-order valence-electron chi connectivity index (χ0n) is 18.9. The maximum Gasteiger partial charge on any atom is 0.246 e. The third-order valence-electron chi connectivity index (χ3n) is 6.96. The van der Waals surface area contributed by atoms with Gasteiger partial charge in [-0.15, -0.1) is 0 Å². The minimum atomic E-state index is -1.14. The highest BCUT2D eigenvalue weighted by Gasteiger charge is 2.73. The van der Waals surface area contributed by atoms with E-state index in [1.807, 2.05) is 32.9 Å². The Morgan fingerprint density at radius 2 is 1.94 bits per heavy atom. The monoisotopic (exact) mass is 442 g/mol. The maximum atomic E-state index is 13.8. The Balaban J connectivity index is 1.50. The zero-order valence-corrected chi connectivity index (χ0v) is 18.9. The second-order valence-corrected chi connectivity index (χ2v) is 10.4. The molecule has 32 heavy (non-hydrogen) atoms. The van der Waals surface area contributed by atoms with Gasteiger partial charge in [0, 0.05) is 17.6 Å². The minimum absolute atomic E-state index is 0.0175. The van der Waals surface area contributed by atoms with Gasteiger partial charge in [0.1, 0.15) is 17.4 Å². The molecule has 3 aliphatic heterocycles. The molecule has 9 nitrogen and oxygen atoms in total. The van der Waals surface area contributed by atoms with Crippen LogP contribution in [0.5, 0.6) is 0 Å². The number of nitrogens with one attached hydrogen (secondary N) is 2. The molecule has 9 heteroatoms. The first kappa shape index (κ1) is 21.2. The van der Waals surface area contributed by atoms with Gasteiger partial charge in [-0.1, -0.05) is 30.2 Å². The molecule has 3 amide bonds. The molecular formula is C23H30N4O5. The summed E-state index contributed by atoms with van der Waals surface area (Å²) < 4.78 is 11.4. The second kappa shape index (κ2) is 7.16. The predicted molar refractivity (Wildman–Crippen MR) is 114 cm³/mol. The number of nitrogens with zero attached hydrogens (tertiary/aromatic N) is 2. The quantitative estimate of drug-likeness (QED) is 0.689. The molecule has 0 aromatic carbocycles. The molecule has 1 aliphatic carbocycles. The Morgan fingerprint density at radius 1 is 1.22 bits per heavy atom. The number of likely N-dealkylation sites (tertiary alicyclic amines) is 1. The topological polar surface area (TPSA) is 114 Å². The van der Waals surface area contributed by atoms with Crippen molar-refractivity contribution < 1.29 is 23.6 Å². The van der Waals surface area contributed by atoms with Gasteiger partial charge in [-0.3, -0.25) is 14.4 Å². The standard InChI is InChI=1S/C23H30N4O5/c1-12-11-15(26-32-12)24-19(28)16-14-9-10-23(31-14)17(16)21(30)27(13-7-5-6-8-13)18(23)20(29)25-22(2,3)4/h9-11,13-14,16-18H,5-8H2,1-4H3,(H,25,29)(H,24,26,28)/t14-,16-,17+,18-,23+/m1/s1. The molecule has 4 aliphatic rings. The Hall–Kier alpha value is -2.68. The maximum absolute atomic E-state index is 13.8. The first-order valence-electron chi connectivity index (χ1n) is 11.4. The Kier molecular flexibility index (Phi) is 4.74. The van der Waals surface area contributed by atoms with Crippen molar-refractivity contribution in [1.29, 1.82) is 0 Å². The normalized spacial score (nSPS) is 33.8. The third kappa shape index (κ3) is 3.17. The van der Waals surface area contributed by atoms with Crippen LogP contribution in [0.4, 0.5) is 5.82 Å². The van der Waals surface area contributed by atoms with Crippen molar-refractivity contribution in [3.05, 3.63) is 24.0 Å². The van der Waals surface area contributed by atoms with E-state index in [4.69, 9.17) is 9.26 Å². The van der Waals surface area contributed by atoms with E-state index in [0.29, 0.717) is 11.6 Å². The van der Waals surface area contributed by atoms with Gasteiger partial charge in [0.15, 0.2) is 5.82 Å². The number of aromatic nitrogens is 1. The third-order valence-corrected chi connectivity index (χ3v) is 6.96. The Morgan fingerprint density at radius 3 is 2.56 bits per heavy atom. The molecular weight excluding hydrogens is 412 g/mol. The van der Waals surface area contributed by atoms with Crippen molar-refractivity contribution in [3.8, 4) is 0 Å². The van der Waals surface area contributed by atoms with Crippen LogP contribution >= 0.6 is 0 Å². The van der Waals surface area contributed by atoms with Crippen molar-refractivity contribution in [2.45, 2.75) is 82.7 Å². The number of anilines is 1. The largest absolute Gasteiger partial charge is 0.360 e. The number of carbonyl (C=O) groups is 3. The van der Waals surface area contributed by atoms with Crippen LogP contribution in [0.2, 0.25) is 0 Å². The lowest BCUT2D eigenvalue weighted by Gasteiger charge is -2.37. The van der Waals surface area contributed by atoms with Crippen LogP contribution in [0.1, 0.15) is 52.2 Å². The number of hydrogen-bond acceptors (Lipinski definition) is 6. The van der Waals surface area contributed by atoms with Crippen LogP contribution in [0.3, 0.4) is 0 Å². The molecule has 5 atom stereocenters. The summed E-state index contributed by atoms with van der Waals surface area (Å²) in [6.07, 6.45) is 6.85. The van der Waals surface area contributed by atoms with E-state index in [-0.39, 0.29) is 23.8 Å². The molecule has 2 N–H and O–H groups in total. The smallest absolute Gasteiger partial charge is 0.246 e. The van der Waals surface area contributed by atoms with Crippen molar-refractivity contribution in [3.63, 3.8) is 0 Å². The van der Waals surface area contributed by atoms with Crippen LogP contribution in [0.15, 0.2) is 22.7 Å². The zero-order chi connectivity index (χ0) is 22.8. The fourth-order valence-corrected chi connectivity index (χ4v) is 5.86. The number of carbonyl (C=O) groups excluding carboxylic acids is 3. The number of amides is 3. The molecule has 5 rings (SSSR count). The van der Waals surface area contributed by atoms with E-state index in [0.717, 1.165) is 25.7 Å². The van der Waals surface area contributed by atoms with Crippen LogP contribution < -0.4 is 10.6 Å². The first-order valence-corrected chi connectivity index (χ1v) is 11.4. The summed E-state index contributed by atoms with van der Waals surface area (Å²) in [6, 6.07) is 0.810. The van der Waals surface area contributed by atoms with Crippen molar-refractivity contribution in [2.75, 3.05) is 5.32 Å². The highest BCUT2D eigenvalue weighted by atomic mass is 16.5. The van der Waals surface area contributed by atoms with Crippen molar-refractivity contribution in [2.24, 2.45) is 11.8 Å². The summed E-state index contributed by atoms with van der Waals surface area (Å²) in [5, 5.41) is 9.63. The van der Waals surface area contributed by atoms with Crippen LogP contribution in [0.25, 0.3) is 0 Å². The van der Waals surface area contributed by atoms with Crippen LogP contribution in [-0.2, 0) is 19.1 Å². The number of rotatable bonds is 4. The first-order chi connectivity index (χ1) is 15.1. The summed E-state index contributed by atoms with van der Waals surface area (Å²) in [5.74, 6) is -1.37. The predicted octanol–water partition coefficient (Wildman–Crippen LogP) is 1.93. The average molecular weight is 443 g/mol. The van der Waals surface area contributed by atoms with Gasteiger partial charge in [-0.05, 0) is 40.5 Å². The molecule has 1 aromatic heterocycles. The highest BCUT2D eigenvalue weighted by Crippen LogP contribution is 2.56. The van der Waals surface area contributed by atoms with Gasteiger partial charge >= 0.3 is 0 Å². The lowest BCUT2D eigenvalue weighted by molar-refractivity contribution is -0.144. The molecule has 0 radical (unpaired) electrons. The van der Waals surface area contributed by atoms with E-state index >= 15 is 0 Å². The van der Waals surface area contributed by atoms with Crippen molar-refractivity contribution in [1.82, 2.24) is 15.4 Å². The molecule has 2 saturated heterocycles. The average Bonchev–Trinajstić information content (AvgIpc) is 3.48.